The number of ether oxygens (including phenoxy) is 1. The molecule has 0 aliphatic carbocycles. The molecule has 1 aromatic carbocycles. The van der Waals surface area contributed by atoms with E-state index < -0.39 is 11.8 Å². The first-order chi connectivity index (χ1) is 14.5. The zero-order chi connectivity index (χ0) is 21.3. The second-order valence-corrected chi connectivity index (χ2v) is 7.24. The number of nitrogens with one attached hydrogen (secondary N) is 3. The van der Waals surface area contributed by atoms with Crippen LogP contribution < -0.4 is 10.6 Å². The highest BCUT2D eigenvalue weighted by molar-refractivity contribution is 6.35. The summed E-state index contributed by atoms with van der Waals surface area (Å²) in [5, 5.41) is 6.03. The number of hydrogen-bond donors (Lipinski definition) is 3. The number of hydrogen-bond acceptors (Lipinski definition) is 4. The van der Waals surface area contributed by atoms with Crippen LogP contribution >= 0.6 is 12.4 Å². The lowest BCUT2D eigenvalue weighted by molar-refractivity contribution is -0.110. The van der Waals surface area contributed by atoms with Crippen LogP contribution in [0.25, 0.3) is 11.6 Å². The Morgan fingerprint density at radius 3 is 2.90 bits per heavy atom. The molecule has 1 saturated heterocycles. The Morgan fingerprint density at radius 1 is 1.39 bits per heavy atom. The summed E-state index contributed by atoms with van der Waals surface area (Å²) in [6.07, 6.45) is 5.12. The van der Waals surface area contributed by atoms with E-state index in [9.17, 15) is 14.0 Å². The summed E-state index contributed by atoms with van der Waals surface area (Å²) < 4.78 is 19.7. The fourth-order valence-electron chi connectivity index (χ4n) is 3.72. The average molecular weight is 444 g/mol. The summed E-state index contributed by atoms with van der Waals surface area (Å²) in [6.45, 7) is 4.67. The molecule has 2 aromatic rings. The second kappa shape index (κ2) is 9.38. The molecule has 3 heterocycles. The number of aromatic nitrogens is 1. The standard InChI is InChI=1S/C23H22FN3O3.ClH/c1-3-30-23(29)17-12-26-20(13(17)2)11-16-21-15(7-6-14-5-4-10-25-14)18(24)8-9-19(21)27-22(16)28;/h8-9,11-12,14,25-26H,3-5,10H2,1-2H3,(H,27,28);1H/t14-;/m0./s1. The minimum Gasteiger partial charge on any atom is -0.462 e. The largest absolute Gasteiger partial charge is 0.462 e. The minimum atomic E-state index is -0.475. The van der Waals surface area contributed by atoms with E-state index in [0.717, 1.165) is 19.4 Å². The molecule has 1 fully saturated rings. The molecule has 2 aliphatic heterocycles. The summed E-state index contributed by atoms with van der Waals surface area (Å²) in [5.74, 6) is 4.76. The summed E-state index contributed by atoms with van der Waals surface area (Å²) >= 11 is 0. The van der Waals surface area contributed by atoms with Crippen molar-refractivity contribution in [2.24, 2.45) is 0 Å². The molecule has 0 spiro atoms. The summed E-state index contributed by atoms with van der Waals surface area (Å²) in [7, 11) is 0. The van der Waals surface area contributed by atoms with Gasteiger partial charge in [0.05, 0.1) is 35.0 Å². The van der Waals surface area contributed by atoms with Crippen molar-refractivity contribution in [1.29, 1.82) is 0 Å². The topological polar surface area (TPSA) is 83.2 Å². The van der Waals surface area contributed by atoms with Crippen LogP contribution in [-0.2, 0) is 9.53 Å². The lowest BCUT2D eigenvalue weighted by atomic mass is 9.98. The van der Waals surface area contributed by atoms with Crippen LogP contribution in [0, 0.1) is 24.6 Å². The fourth-order valence-corrected chi connectivity index (χ4v) is 3.72. The van der Waals surface area contributed by atoms with Crippen LogP contribution in [0.1, 0.15) is 52.5 Å². The van der Waals surface area contributed by atoms with Crippen LogP contribution in [0.2, 0.25) is 0 Å². The second-order valence-electron chi connectivity index (χ2n) is 7.24. The molecule has 2 aliphatic rings. The van der Waals surface area contributed by atoms with Crippen molar-refractivity contribution < 1.29 is 18.7 Å². The van der Waals surface area contributed by atoms with Crippen LogP contribution in [0.15, 0.2) is 18.3 Å². The quantitative estimate of drug-likeness (QED) is 0.384. The Labute approximate surface area is 186 Å². The first kappa shape index (κ1) is 22.6. The van der Waals surface area contributed by atoms with Crippen LogP contribution in [0.5, 0.6) is 0 Å². The predicted octanol–water partition coefficient (Wildman–Crippen LogP) is 3.66. The Morgan fingerprint density at radius 2 is 2.19 bits per heavy atom. The van der Waals surface area contributed by atoms with Crippen LogP contribution in [0.4, 0.5) is 10.1 Å². The normalized spacial score (nSPS) is 18.1. The maximum atomic E-state index is 14.7. The molecule has 3 N–H and O–H groups in total. The van der Waals surface area contributed by atoms with Gasteiger partial charge in [-0.1, -0.05) is 11.8 Å². The fraction of sp³-hybridized carbons (Fsp3) is 0.304. The maximum Gasteiger partial charge on any atom is 0.339 e. The van der Waals surface area contributed by atoms with Crippen molar-refractivity contribution in [3.05, 3.63) is 52.1 Å². The van der Waals surface area contributed by atoms with Gasteiger partial charge in [-0.15, -0.1) is 12.4 Å². The lowest BCUT2D eigenvalue weighted by Crippen LogP contribution is -2.18. The number of carbonyl (C=O) groups excluding carboxylic acids is 2. The zero-order valence-corrected chi connectivity index (χ0v) is 18.0. The van der Waals surface area contributed by atoms with Gasteiger partial charge >= 0.3 is 5.97 Å². The third-order valence-corrected chi connectivity index (χ3v) is 5.31. The maximum absolute atomic E-state index is 14.7. The van der Waals surface area contributed by atoms with E-state index in [2.05, 4.69) is 27.5 Å². The van der Waals surface area contributed by atoms with Crippen molar-refractivity contribution in [3.63, 3.8) is 0 Å². The van der Waals surface area contributed by atoms with Crippen molar-refractivity contribution in [3.8, 4) is 11.8 Å². The number of anilines is 1. The van der Waals surface area contributed by atoms with Gasteiger partial charge in [0.15, 0.2) is 0 Å². The van der Waals surface area contributed by atoms with E-state index in [1.165, 1.54) is 12.1 Å². The van der Waals surface area contributed by atoms with Gasteiger partial charge in [0.2, 0.25) is 0 Å². The van der Waals surface area contributed by atoms with Crippen molar-refractivity contribution in [2.45, 2.75) is 32.7 Å². The first-order valence-electron chi connectivity index (χ1n) is 9.95. The predicted molar refractivity (Wildman–Crippen MR) is 120 cm³/mol. The van der Waals surface area contributed by atoms with Crippen molar-refractivity contribution >= 4 is 41.6 Å². The number of aromatic amines is 1. The monoisotopic (exact) mass is 443 g/mol. The highest BCUT2D eigenvalue weighted by atomic mass is 35.5. The van der Waals surface area contributed by atoms with E-state index in [1.54, 1.807) is 26.1 Å². The Balaban J connectivity index is 0.00000272. The molecule has 8 heteroatoms. The average Bonchev–Trinajstić information content (AvgIpc) is 3.43. The Bertz CT molecular complexity index is 1120. The number of carbonyl (C=O) groups is 2. The van der Waals surface area contributed by atoms with E-state index in [-0.39, 0.29) is 36.5 Å². The molecule has 6 nitrogen and oxygen atoms in total. The summed E-state index contributed by atoms with van der Waals surface area (Å²) in [5.41, 5.74) is 3.09. The molecule has 0 bridgehead atoms. The minimum absolute atomic E-state index is 0. The SMILES string of the molecule is CCOC(=O)c1c[nH]c(C=C2C(=O)Nc3ccc(F)c(C#C[C@@H]4CCCN4)c32)c1C.Cl. The molecule has 1 aromatic heterocycles. The Kier molecular flexibility index (Phi) is 6.84. The molecule has 0 saturated carbocycles. The first-order valence-corrected chi connectivity index (χ1v) is 9.95. The number of fused-ring (bicyclic) bond motifs is 1. The number of rotatable bonds is 3. The van der Waals surface area contributed by atoms with Gasteiger partial charge in [-0.05, 0) is 57.0 Å². The smallest absolute Gasteiger partial charge is 0.339 e. The molecule has 1 atom stereocenters. The van der Waals surface area contributed by atoms with Gasteiger partial charge in [-0.25, -0.2) is 9.18 Å². The van der Waals surface area contributed by atoms with E-state index >= 15 is 0 Å². The molecular weight excluding hydrogens is 421 g/mol. The molecule has 0 unspecified atom stereocenters. The van der Waals surface area contributed by atoms with E-state index in [4.69, 9.17) is 4.74 Å². The third-order valence-electron chi connectivity index (χ3n) is 5.31. The van der Waals surface area contributed by atoms with Gasteiger partial charge in [0, 0.05) is 17.5 Å². The molecule has 162 valence electrons. The molecule has 0 radical (unpaired) electrons. The van der Waals surface area contributed by atoms with Gasteiger partial charge in [0.1, 0.15) is 5.82 Å². The van der Waals surface area contributed by atoms with Crippen LogP contribution in [-0.4, -0.2) is 36.1 Å². The van der Waals surface area contributed by atoms with Gasteiger partial charge < -0.3 is 20.4 Å². The van der Waals surface area contributed by atoms with Crippen molar-refractivity contribution in [1.82, 2.24) is 10.3 Å². The van der Waals surface area contributed by atoms with E-state index in [1.807, 2.05) is 0 Å². The van der Waals surface area contributed by atoms with Gasteiger partial charge in [-0.3, -0.25) is 4.79 Å². The number of amides is 1. The summed E-state index contributed by atoms with van der Waals surface area (Å²) in [6, 6.07) is 2.87. The molecule has 4 rings (SSSR count). The highest BCUT2D eigenvalue weighted by Gasteiger charge is 2.29. The molecule has 1 amide bonds. The number of esters is 1. The summed E-state index contributed by atoms with van der Waals surface area (Å²) in [4.78, 5) is 27.7. The molecule has 31 heavy (non-hydrogen) atoms. The van der Waals surface area contributed by atoms with Crippen molar-refractivity contribution in [2.75, 3.05) is 18.5 Å². The highest BCUT2D eigenvalue weighted by Crippen LogP contribution is 2.37. The zero-order valence-electron chi connectivity index (χ0n) is 17.2. The van der Waals surface area contributed by atoms with Crippen LogP contribution in [0.3, 0.4) is 0 Å². The number of halogens is 2. The third kappa shape index (κ3) is 4.36. The number of H-pyrrole nitrogens is 1. The number of benzene rings is 1. The lowest BCUT2D eigenvalue weighted by Gasteiger charge is -2.05. The molecular formula is C23H23ClFN3O3. The Hall–Kier alpha value is -3.08. The van der Waals surface area contributed by atoms with Gasteiger partial charge in [-0.2, -0.15) is 0 Å². The van der Waals surface area contributed by atoms with E-state index in [0.29, 0.717) is 33.6 Å². The van der Waals surface area contributed by atoms with Gasteiger partial charge in [0.25, 0.3) is 5.91 Å².